The molecule has 0 fully saturated rings. The number of nitrogens with one attached hydrogen (secondary N) is 1. The van der Waals surface area contributed by atoms with Crippen molar-refractivity contribution in [1.29, 1.82) is 0 Å². The van der Waals surface area contributed by atoms with E-state index in [0.29, 0.717) is 13.1 Å². The molecule has 1 N–H and O–H groups in total. The molecule has 0 radical (unpaired) electrons. The minimum absolute atomic E-state index is 0.0349. The minimum Gasteiger partial charge on any atom is -0.452 e. The fraction of sp³-hybridized carbons (Fsp3) is 0.529. The molecule has 0 saturated carbocycles. The number of halogens is 1. The third-order valence-corrected chi connectivity index (χ3v) is 6.23. The van der Waals surface area contributed by atoms with Crippen LogP contribution in [0.2, 0.25) is 5.02 Å². The predicted octanol–water partition coefficient (Wildman–Crippen LogP) is 2.44. The smallest absolute Gasteiger partial charge is 0.340 e. The summed E-state index contributed by atoms with van der Waals surface area (Å²) in [5, 5.41) is 2.72. The molecule has 1 aromatic carbocycles. The van der Waals surface area contributed by atoms with E-state index in [1.807, 2.05) is 13.8 Å². The largest absolute Gasteiger partial charge is 0.452 e. The summed E-state index contributed by atoms with van der Waals surface area (Å²) in [5.41, 5.74) is -0.101. The maximum absolute atomic E-state index is 12.6. The maximum atomic E-state index is 12.6. The molecule has 26 heavy (non-hydrogen) atoms. The molecule has 146 valence electrons. The molecule has 0 heterocycles. The molecular weight excluding hydrogens is 380 g/mol. The van der Waals surface area contributed by atoms with Crippen molar-refractivity contribution in [3.63, 3.8) is 0 Å². The molecule has 0 unspecified atom stereocenters. The highest BCUT2D eigenvalue weighted by molar-refractivity contribution is 7.89. The first kappa shape index (κ1) is 22.4. The molecule has 0 aliphatic rings. The highest BCUT2D eigenvalue weighted by Gasteiger charge is 2.24. The zero-order valence-electron chi connectivity index (χ0n) is 15.4. The van der Waals surface area contributed by atoms with Gasteiger partial charge in [0.05, 0.1) is 15.5 Å². The molecule has 0 aliphatic carbocycles. The Hall–Kier alpha value is -1.64. The van der Waals surface area contributed by atoms with Crippen LogP contribution in [0.25, 0.3) is 0 Å². The average Bonchev–Trinajstić information content (AvgIpc) is 2.60. The van der Waals surface area contributed by atoms with Gasteiger partial charge in [0.2, 0.25) is 10.0 Å². The average molecular weight is 405 g/mol. The molecule has 9 heteroatoms. The standard InChI is InChI=1S/C17H25ClN2O5S/c1-5-12(4)19-16(21)11-25-17(22)14-10-13(8-9-15(14)18)26(23,24)20(6-2)7-3/h8-10,12H,5-7,11H2,1-4H3,(H,19,21)/t12-/m0/s1. The Morgan fingerprint density at radius 2 is 1.85 bits per heavy atom. The molecule has 1 amide bonds. The number of benzene rings is 1. The first-order valence-electron chi connectivity index (χ1n) is 8.43. The molecule has 1 rings (SSSR count). The lowest BCUT2D eigenvalue weighted by Gasteiger charge is -2.19. The van der Waals surface area contributed by atoms with Gasteiger partial charge < -0.3 is 10.1 Å². The Balaban J connectivity index is 2.97. The second kappa shape index (κ2) is 9.89. The van der Waals surface area contributed by atoms with Gasteiger partial charge in [0.25, 0.3) is 5.91 Å². The molecular formula is C17H25ClN2O5S. The van der Waals surface area contributed by atoms with Crippen LogP contribution in [0.1, 0.15) is 44.5 Å². The van der Waals surface area contributed by atoms with Crippen molar-refractivity contribution in [2.45, 2.75) is 45.1 Å². The van der Waals surface area contributed by atoms with Gasteiger partial charge in [-0.1, -0.05) is 32.4 Å². The van der Waals surface area contributed by atoms with Gasteiger partial charge in [-0.25, -0.2) is 13.2 Å². The van der Waals surface area contributed by atoms with Crippen molar-refractivity contribution >= 4 is 33.5 Å². The summed E-state index contributed by atoms with van der Waals surface area (Å²) in [6.07, 6.45) is 0.747. The zero-order chi connectivity index (χ0) is 19.9. The molecule has 7 nitrogen and oxygen atoms in total. The number of rotatable bonds is 9. The molecule has 0 bridgehead atoms. The number of amides is 1. The third-order valence-electron chi connectivity index (χ3n) is 3.86. The summed E-state index contributed by atoms with van der Waals surface area (Å²) in [6, 6.07) is 3.80. The van der Waals surface area contributed by atoms with Gasteiger partial charge in [-0.3, -0.25) is 4.79 Å². The van der Waals surface area contributed by atoms with E-state index >= 15 is 0 Å². The van der Waals surface area contributed by atoms with Crippen molar-refractivity contribution in [2.75, 3.05) is 19.7 Å². The fourth-order valence-electron chi connectivity index (χ4n) is 2.16. The van der Waals surface area contributed by atoms with Crippen LogP contribution in [0, 0.1) is 0 Å². The number of hydrogen-bond donors (Lipinski definition) is 1. The van der Waals surface area contributed by atoms with E-state index in [4.69, 9.17) is 16.3 Å². The predicted molar refractivity (Wildman–Crippen MR) is 99.7 cm³/mol. The van der Waals surface area contributed by atoms with Crippen LogP contribution in [0.5, 0.6) is 0 Å². The van der Waals surface area contributed by atoms with E-state index in [1.165, 1.54) is 22.5 Å². The third kappa shape index (κ3) is 5.69. The van der Waals surface area contributed by atoms with Gasteiger partial charge >= 0.3 is 5.97 Å². The van der Waals surface area contributed by atoms with Crippen molar-refractivity contribution in [3.05, 3.63) is 28.8 Å². The summed E-state index contributed by atoms with van der Waals surface area (Å²) in [4.78, 5) is 23.9. The van der Waals surface area contributed by atoms with E-state index in [1.54, 1.807) is 13.8 Å². The Labute approximate surface area is 159 Å². The second-order valence-corrected chi connectivity index (χ2v) is 8.03. The first-order valence-corrected chi connectivity index (χ1v) is 10.2. The first-order chi connectivity index (χ1) is 12.2. The number of carbonyl (C=O) groups is 2. The van der Waals surface area contributed by atoms with Gasteiger partial charge in [0.15, 0.2) is 6.61 Å². The van der Waals surface area contributed by atoms with Crippen LogP contribution in [0.4, 0.5) is 0 Å². The van der Waals surface area contributed by atoms with Gasteiger partial charge in [0.1, 0.15) is 0 Å². The van der Waals surface area contributed by atoms with E-state index < -0.39 is 28.5 Å². The van der Waals surface area contributed by atoms with Gasteiger partial charge in [-0.2, -0.15) is 4.31 Å². The zero-order valence-corrected chi connectivity index (χ0v) is 17.0. The van der Waals surface area contributed by atoms with Crippen LogP contribution < -0.4 is 5.32 Å². The molecule has 1 atom stereocenters. The highest BCUT2D eigenvalue weighted by Crippen LogP contribution is 2.23. The SMILES string of the molecule is CC[C@H](C)NC(=O)COC(=O)c1cc(S(=O)(=O)N(CC)CC)ccc1Cl. The van der Waals surface area contributed by atoms with Crippen molar-refractivity contribution < 1.29 is 22.7 Å². The summed E-state index contributed by atoms with van der Waals surface area (Å²) in [6.45, 7) is 7.33. The van der Waals surface area contributed by atoms with Crippen LogP contribution >= 0.6 is 11.6 Å². The summed E-state index contributed by atoms with van der Waals surface area (Å²) in [7, 11) is -3.74. The lowest BCUT2D eigenvalue weighted by atomic mass is 10.2. The van der Waals surface area contributed by atoms with Crippen LogP contribution in [-0.2, 0) is 19.6 Å². The molecule has 0 aromatic heterocycles. The van der Waals surface area contributed by atoms with Crippen molar-refractivity contribution in [3.8, 4) is 0 Å². The normalized spacial score (nSPS) is 12.7. The van der Waals surface area contributed by atoms with Crippen LogP contribution in [0.3, 0.4) is 0 Å². The van der Waals surface area contributed by atoms with E-state index in [2.05, 4.69) is 5.32 Å². The molecule has 1 aromatic rings. The summed E-state index contributed by atoms with van der Waals surface area (Å²) >= 11 is 6.00. The minimum atomic E-state index is -3.74. The number of sulfonamides is 1. The quantitative estimate of drug-likeness (QED) is 0.638. The molecule has 0 aliphatic heterocycles. The topological polar surface area (TPSA) is 92.8 Å². The molecule has 0 spiro atoms. The summed E-state index contributed by atoms with van der Waals surface area (Å²) < 4.78 is 31.4. The number of esters is 1. The number of ether oxygens (including phenoxy) is 1. The number of hydrogen-bond acceptors (Lipinski definition) is 5. The van der Waals surface area contributed by atoms with Gasteiger partial charge in [-0.15, -0.1) is 0 Å². The highest BCUT2D eigenvalue weighted by atomic mass is 35.5. The van der Waals surface area contributed by atoms with Gasteiger partial charge in [-0.05, 0) is 31.5 Å². The molecule has 0 saturated heterocycles. The monoisotopic (exact) mass is 404 g/mol. The lowest BCUT2D eigenvalue weighted by Crippen LogP contribution is -2.35. The van der Waals surface area contributed by atoms with E-state index in [0.717, 1.165) is 6.42 Å². The number of nitrogens with zero attached hydrogens (tertiary/aromatic N) is 1. The van der Waals surface area contributed by atoms with Crippen LogP contribution in [0.15, 0.2) is 23.1 Å². The van der Waals surface area contributed by atoms with Crippen molar-refractivity contribution in [1.82, 2.24) is 9.62 Å². The Morgan fingerprint density at radius 1 is 1.23 bits per heavy atom. The Morgan fingerprint density at radius 3 is 2.38 bits per heavy atom. The van der Waals surface area contributed by atoms with E-state index in [9.17, 15) is 18.0 Å². The van der Waals surface area contributed by atoms with Crippen molar-refractivity contribution in [2.24, 2.45) is 0 Å². The Kier molecular flexibility index (Phi) is 8.52. The fourth-order valence-corrected chi connectivity index (χ4v) is 3.84. The number of carbonyl (C=O) groups excluding carboxylic acids is 2. The Bertz CT molecular complexity index is 748. The second-order valence-electron chi connectivity index (χ2n) is 5.68. The van der Waals surface area contributed by atoms with Crippen LogP contribution in [-0.4, -0.2) is 50.3 Å². The van der Waals surface area contributed by atoms with E-state index in [-0.39, 0.29) is 21.5 Å². The maximum Gasteiger partial charge on any atom is 0.340 e. The van der Waals surface area contributed by atoms with Gasteiger partial charge in [0, 0.05) is 19.1 Å². The lowest BCUT2D eigenvalue weighted by molar-refractivity contribution is -0.124. The summed E-state index contributed by atoms with van der Waals surface area (Å²) in [5.74, 6) is -1.29.